The van der Waals surface area contributed by atoms with Gasteiger partial charge in [0, 0.05) is 13.0 Å². The number of esters is 1. The van der Waals surface area contributed by atoms with E-state index in [2.05, 4.69) is 0 Å². The van der Waals surface area contributed by atoms with Crippen LogP contribution in [0.25, 0.3) is 0 Å². The van der Waals surface area contributed by atoms with Crippen molar-refractivity contribution in [3.63, 3.8) is 0 Å². The number of carbonyl (C=O) groups is 1. The minimum absolute atomic E-state index is 0. The van der Waals surface area contributed by atoms with Crippen LogP contribution < -0.4 is 5.73 Å². The molecule has 2 N–H and O–H groups in total. The molecular weight excluding hydrogens is 178 g/mol. The lowest BCUT2D eigenvalue weighted by Crippen LogP contribution is -2.32. The van der Waals surface area contributed by atoms with Gasteiger partial charge < -0.3 is 10.5 Å². The molecule has 0 aromatic carbocycles. The third-order valence-corrected chi connectivity index (χ3v) is 2.00. The highest BCUT2D eigenvalue weighted by Gasteiger charge is 2.20. The molecule has 0 aromatic heterocycles. The number of nitrogens with two attached hydrogens (primary N) is 1. The topological polar surface area (TPSA) is 52.3 Å². The summed E-state index contributed by atoms with van der Waals surface area (Å²) < 4.78 is 5.04. The molecule has 0 bridgehead atoms. The number of ether oxygens (including phenoxy) is 1. The molecular formula is C8H16ClNO2. The standard InChI is InChI=1S/C8H15NO2.ClH/c1-6(10)11-8-4-2-3-7(9)5-8;/h7-8H,2-5,9H2,1H3;1H. The van der Waals surface area contributed by atoms with E-state index in [0.717, 1.165) is 25.7 Å². The average molecular weight is 194 g/mol. The molecule has 4 heteroatoms. The summed E-state index contributed by atoms with van der Waals surface area (Å²) in [5.41, 5.74) is 5.71. The molecule has 2 atom stereocenters. The second-order valence-electron chi connectivity index (χ2n) is 3.16. The van der Waals surface area contributed by atoms with Crippen LogP contribution in [0.2, 0.25) is 0 Å². The largest absolute Gasteiger partial charge is 0.463 e. The Morgan fingerprint density at radius 1 is 1.50 bits per heavy atom. The Kier molecular flexibility index (Phi) is 5.25. The monoisotopic (exact) mass is 193 g/mol. The van der Waals surface area contributed by atoms with Crippen LogP contribution in [0.3, 0.4) is 0 Å². The first-order valence-corrected chi connectivity index (χ1v) is 4.11. The van der Waals surface area contributed by atoms with Gasteiger partial charge in [0.15, 0.2) is 0 Å². The summed E-state index contributed by atoms with van der Waals surface area (Å²) in [6.45, 7) is 1.44. The van der Waals surface area contributed by atoms with Gasteiger partial charge in [-0.2, -0.15) is 0 Å². The van der Waals surface area contributed by atoms with Gasteiger partial charge in [0.1, 0.15) is 6.10 Å². The van der Waals surface area contributed by atoms with E-state index in [-0.39, 0.29) is 30.5 Å². The first kappa shape index (κ1) is 11.7. The smallest absolute Gasteiger partial charge is 0.302 e. The van der Waals surface area contributed by atoms with Crippen molar-refractivity contribution in [3.05, 3.63) is 0 Å². The molecule has 1 saturated carbocycles. The SMILES string of the molecule is CC(=O)OC1CCCC(N)C1.Cl. The lowest BCUT2D eigenvalue weighted by molar-refractivity contribution is -0.147. The number of rotatable bonds is 1. The molecule has 0 heterocycles. The Morgan fingerprint density at radius 2 is 2.17 bits per heavy atom. The highest BCUT2D eigenvalue weighted by Crippen LogP contribution is 2.19. The maximum atomic E-state index is 10.6. The van der Waals surface area contributed by atoms with E-state index in [1.54, 1.807) is 0 Å². The Hall–Kier alpha value is -0.280. The molecule has 0 saturated heterocycles. The van der Waals surface area contributed by atoms with Crippen LogP contribution in [0.5, 0.6) is 0 Å². The molecule has 2 unspecified atom stereocenters. The quantitative estimate of drug-likeness (QED) is 0.638. The van der Waals surface area contributed by atoms with Gasteiger partial charge >= 0.3 is 5.97 Å². The van der Waals surface area contributed by atoms with E-state index in [9.17, 15) is 4.79 Å². The maximum Gasteiger partial charge on any atom is 0.302 e. The second-order valence-corrected chi connectivity index (χ2v) is 3.16. The summed E-state index contributed by atoms with van der Waals surface area (Å²) in [6.07, 6.45) is 4.04. The van der Waals surface area contributed by atoms with Crippen molar-refractivity contribution < 1.29 is 9.53 Å². The summed E-state index contributed by atoms with van der Waals surface area (Å²) >= 11 is 0. The van der Waals surface area contributed by atoms with Gasteiger partial charge in [-0.3, -0.25) is 4.79 Å². The van der Waals surface area contributed by atoms with Crippen LogP contribution in [0.4, 0.5) is 0 Å². The summed E-state index contributed by atoms with van der Waals surface area (Å²) in [7, 11) is 0. The van der Waals surface area contributed by atoms with Gasteiger partial charge in [-0.05, 0) is 25.7 Å². The van der Waals surface area contributed by atoms with E-state index >= 15 is 0 Å². The van der Waals surface area contributed by atoms with Crippen LogP contribution in [0.15, 0.2) is 0 Å². The number of hydrogen-bond acceptors (Lipinski definition) is 3. The Labute approximate surface area is 79.1 Å². The third kappa shape index (κ3) is 3.93. The molecule has 0 amide bonds. The molecule has 12 heavy (non-hydrogen) atoms. The van der Waals surface area contributed by atoms with E-state index in [4.69, 9.17) is 10.5 Å². The maximum absolute atomic E-state index is 10.6. The minimum atomic E-state index is -0.191. The Morgan fingerprint density at radius 3 is 2.67 bits per heavy atom. The first-order valence-electron chi connectivity index (χ1n) is 4.11. The summed E-state index contributed by atoms with van der Waals surface area (Å²) in [4.78, 5) is 10.6. The zero-order valence-corrected chi connectivity index (χ0v) is 8.10. The molecule has 0 aromatic rings. The average Bonchev–Trinajstić information content (AvgIpc) is 1.85. The van der Waals surface area contributed by atoms with Gasteiger partial charge in [0.2, 0.25) is 0 Å². The second kappa shape index (κ2) is 5.38. The fourth-order valence-corrected chi connectivity index (χ4v) is 1.52. The zero-order valence-electron chi connectivity index (χ0n) is 7.29. The van der Waals surface area contributed by atoms with Crippen LogP contribution in [0.1, 0.15) is 32.6 Å². The van der Waals surface area contributed by atoms with Gasteiger partial charge in [-0.15, -0.1) is 12.4 Å². The molecule has 0 aliphatic heterocycles. The summed E-state index contributed by atoms with van der Waals surface area (Å²) in [5, 5.41) is 0. The van der Waals surface area contributed by atoms with E-state index < -0.39 is 0 Å². The molecule has 3 nitrogen and oxygen atoms in total. The van der Waals surface area contributed by atoms with Crippen LogP contribution in [-0.4, -0.2) is 18.1 Å². The normalized spacial score (nSPS) is 28.8. The van der Waals surface area contributed by atoms with Gasteiger partial charge in [-0.1, -0.05) is 0 Å². The van der Waals surface area contributed by atoms with E-state index in [1.165, 1.54) is 6.92 Å². The highest BCUT2D eigenvalue weighted by molar-refractivity contribution is 5.85. The van der Waals surface area contributed by atoms with Crippen molar-refractivity contribution in [3.8, 4) is 0 Å². The Bertz CT molecular complexity index is 152. The predicted molar refractivity (Wildman–Crippen MR) is 49.2 cm³/mol. The Balaban J connectivity index is 0.00000121. The van der Waals surface area contributed by atoms with Crippen molar-refractivity contribution in [1.82, 2.24) is 0 Å². The lowest BCUT2D eigenvalue weighted by atomic mass is 9.94. The van der Waals surface area contributed by atoms with Crippen LogP contribution >= 0.6 is 12.4 Å². The summed E-state index contributed by atoms with van der Waals surface area (Å²) in [6, 6.07) is 0.230. The van der Waals surface area contributed by atoms with Crippen molar-refractivity contribution >= 4 is 18.4 Å². The molecule has 1 aliphatic rings. The van der Waals surface area contributed by atoms with Crippen molar-refractivity contribution in [2.45, 2.75) is 44.8 Å². The number of carbonyl (C=O) groups excluding carboxylic acids is 1. The number of halogens is 1. The first-order chi connectivity index (χ1) is 5.18. The van der Waals surface area contributed by atoms with Crippen molar-refractivity contribution in [2.24, 2.45) is 5.73 Å². The third-order valence-electron chi connectivity index (χ3n) is 2.00. The molecule has 1 aliphatic carbocycles. The van der Waals surface area contributed by atoms with E-state index in [1.807, 2.05) is 0 Å². The molecule has 72 valence electrons. The molecule has 1 fully saturated rings. The summed E-state index contributed by atoms with van der Waals surface area (Å²) in [5.74, 6) is -0.191. The van der Waals surface area contributed by atoms with Gasteiger partial charge in [0.05, 0.1) is 0 Å². The van der Waals surface area contributed by atoms with Crippen molar-refractivity contribution in [1.29, 1.82) is 0 Å². The van der Waals surface area contributed by atoms with Crippen LogP contribution in [0, 0.1) is 0 Å². The minimum Gasteiger partial charge on any atom is -0.463 e. The fraction of sp³-hybridized carbons (Fsp3) is 0.875. The molecule has 0 spiro atoms. The van der Waals surface area contributed by atoms with Crippen molar-refractivity contribution in [2.75, 3.05) is 0 Å². The van der Waals surface area contributed by atoms with Crippen LogP contribution in [-0.2, 0) is 9.53 Å². The molecule has 1 rings (SSSR count). The lowest BCUT2D eigenvalue weighted by Gasteiger charge is -2.25. The highest BCUT2D eigenvalue weighted by atomic mass is 35.5. The number of hydrogen-bond donors (Lipinski definition) is 1. The zero-order chi connectivity index (χ0) is 8.27. The fourth-order valence-electron chi connectivity index (χ4n) is 1.52. The van der Waals surface area contributed by atoms with Gasteiger partial charge in [-0.25, -0.2) is 0 Å². The van der Waals surface area contributed by atoms with Gasteiger partial charge in [0.25, 0.3) is 0 Å². The predicted octanol–water partition coefficient (Wildman–Crippen LogP) is 1.24. The van der Waals surface area contributed by atoms with E-state index in [0.29, 0.717) is 0 Å². The molecule has 0 radical (unpaired) electrons.